The van der Waals surface area contributed by atoms with E-state index in [1.807, 2.05) is 6.92 Å². The number of anilines is 2. The van der Waals surface area contributed by atoms with Gasteiger partial charge in [-0.1, -0.05) is 44.6 Å². The molecule has 0 unspecified atom stereocenters. The summed E-state index contributed by atoms with van der Waals surface area (Å²) in [5.74, 6) is -0.721. The first-order valence-electron chi connectivity index (χ1n) is 20.5. The summed E-state index contributed by atoms with van der Waals surface area (Å²) >= 11 is 0. The van der Waals surface area contributed by atoms with Crippen LogP contribution in [0.15, 0.2) is 18.2 Å². The van der Waals surface area contributed by atoms with Crippen molar-refractivity contribution in [2.24, 2.45) is 0 Å². The van der Waals surface area contributed by atoms with E-state index in [0.717, 1.165) is 56.3 Å². The van der Waals surface area contributed by atoms with Crippen LogP contribution in [0.2, 0.25) is 0 Å². The number of hydroxylamine groups is 4. The number of rotatable bonds is 6. The van der Waals surface area contributed by atoms with Gasteiger partial charge in [-0.2, -0.15) is 10.1 Å². The van der Waals surface area contributed by atoms with Crippen molar-refractivity contribution in [2.45, 2.75) is 204 Å². The molecule has 1 N–H and O–H groups in total. The summed E-state index contributed by atoms with van der Waals surface area (Å²) in [6.45, 7) is 18.5. The van der Waals surface area contributed by atoms with Gasteiger partial charge in [0, 0.05) is 35.0 Å². The summed E-state index contributed by atoms with van der Waals surface area (Å²) in [7, 11) is 0. The molecular weight excluding hydrogens is 686 g/mol. The topological polar surface area (TPSA) is 121 Å². The highest BCUT2D eigenvalue weighted by atomic mass is 16.7. The lowest BCUT2D eigenvalue weighted by Crippen LogP contribution is -2.70. The molecule has 0 bridgehead atoms. The highest BCUT2D eigenvalue weighted by Gasteiger charge is 2.63. The van der Waals surface area contributed by atoms with Gasteiger partial charge in [-0.3, -0.25) is 19.3 Å². The molecule has 6 fully saturated rings. The molecule has 1 aromatic rings. The van der Waals surface area contributed by atoms with Crippen LogP contribution < -0.4 is 15.1 Å². The molecule has 0 aromatic heterocycles. The Morgan fingerprint density at radius 2 is 1.15 bits per heavy atom. The van der Waals surface area contributed by atoms with Crippen molar-refractivity contribution < 1.29 is 33.6 Å². The molecule has 4 heterocycles. The Bertz CT molecular complexity index is 1620. The van der Waals surface area contributed by atoms with E-state index in [-0.39, 0.29) is 36.1 Å². The van der Waals surface area contributed by atoms with E-state index in [0.29, 0.717) is 36.9 Å². The van der Waals surface area contributed by atoms with Crippen LogP contribution in [0.5, 0.6) is 0 Å². The van der Waals surface area contributed by atoms with Gasteiger partial charge in [0.05, 0.1) is 30.0 Å². The van der Waals surface area contributed by atoms with E-state index in [1.165, 1.54) is 17.7 Å². The second kappa shape index (κ2) is 13.6. The van der Waals surface area contributed by atoms with Gasteiger partial charge in [0.25, 0.3) is 5.91 Å². The van der Waals surface area contributed by atoms with E-state index in [4.69, 9.17) is 14.4 Å². The summed E-state index contributed by atoms with van der Waals surface area (Å²) in [6, 6.07) is 4.48. The lowest BCUT2D eigenvalue weighted by molar-refractivity contribution is -0.327. The summed E-state index contributed by atoms with van der Waals surface area (Å²) < 4.78 is 6.31. The van der Waals surface area contributed by atoms with Gasteiger partial charge in [0.2, 0.25) is 5.91 Å². The van der Waals surface area contributed by atoms with E-state index >= 15 is 0 Å². The number of imide groups is 2. The molecule has 54 heavy (non-hydrogen) atoms. The first-order chi connectivity index (χ1) is 25.2. The van der Waals surface area contributed by atoms with Crippen LogP contribution >= 0.6 is 0 Å². The van der Waals surface area contributed by atoms with Crippen LogP contribution in [-0.2, 0) is 24.0 Å². The number of hydrogen-bond donors (Lipinski definition) is 1. The normalized spacial score (nSPS) is 28.5. The van der Waals surface area contributed by atoms with Gasteiger partial charge < -0.3 is 10.1 Å². The average molecular weight is 750 g/mol. The number of benzene rings is 1. The van der Waals surface area contributed by atoms with Gasteiger partial charge >= 0.3 is 12.1 Å². The second-order valence-corrected chi connectivity index (χ2v) is 19.9. The quantitative estimate of drug-likeness (QED) is 0.287. The van der Waals surface area contributed by atoms with Crippen molar-refractivity contribution in [3.8, 4) is 0 Å². The first-order valence-corrected chi connectivity index (χ1v) is 20.5. The number of piperidine rings is 2. The smallest absolute Gasteiger partial charge is 0.421 e. The fourth-order valence-corrected chi connectivity index (χ4v) is 11.5. The average Bonchev–Trinajstić information content (AvgIpc) is 3.28. The van der Waals surface area contributed by atoms with Crippen LogP contribution in [0.1, 0.15) is 157 Å². The van der Waals surface area contributed by atoms with Crippen molar-refractivity contribution in [3.05, 3.63) is 23.8 Å². The first kappa shape index (κ1) is 39.2. The van der Waals surface area contributed by atoms with Crippen molar-refractivity contribution in [2.75, 3.05) is 9.80 Å². The molecule has 2 spiro atoms. The molecule has 0 radical (unpaired) electrons. The maximum atomic E-state index is 14.6. The maximum Gasteiger partial charge on any atom is 0.421 e. The van der Waals surface area contributed by atoms with Gasteiger partial charge in [0.1, 0.15) is 11.1 Å². The van der Waals surface area contributed by atoms with E-state index < -0.39 is 45.4 Å². The molecule has 4 saturated heterocycles. The fourth-order valence-electron chi connectivity index (χ4n) is 11.5. The van der Waals surface area contributed by atoms with Crippen LogP contribution in [0, 0.1) is 6.92 Å². The highest BCUT2D eigenvalue weighted by Crippen LogP contribution is 2.51. The number of ether oxygens (including phenoxy) is 1. The van der Waals surface area contributed by atoms with Crippen molar-refractivity contribution in [3.63, 3.8) is 0 Å². The Balaban J connectivity index is 1.10. The van der Waals surface area contributed by atoms with Gasteiger partial charge in [-0.25, -0.2) is 19.4 Å². The molecular formula is C42H63N5O7. The van der Waals surface area contributed by atoms with E-state index in [1.54, 1.807) is 18.2 Å². The summed E-state index contributed by atoms with van der Waals surface area (Å²) in [6.07, 6.45) is 12.4. The molecule has 7 rings (SSSR count). The number of nitrogens with one attached hydrogen (secondary N) is 1. The molecule has 0 atom stereocenters. The third-order valence-electron chi connectivity index (χ3n) is 12.9. The standard InChI is InChI=1S/C42H63N5O7/c1-28-20-21-29(44-33(48)23-41(52-36(44)51)24-37(2,3)46(38(4,5)25-41)53-30-16-12-10-13-17-30)22-32(28)45-34(49)42(43-35(45)50)26-39(6,7)47(40(8,9)27-42)54-31-18-14-11-15-19-31/h20-22,30-31H,10-19,23-27H2,1-9H3,(H,43,50). The second-order valence-electron chi connectivity index (χ2n) is 19.9. The SMILES string of the molecule is Cc1ccc(N2C(=O)CC3(CC(C)(C)N(OC4CCCCC4)C(C)(C)C3)OC2=O)cc1N1C(=O)NC2(CC(C)(C)N(OC3CCCCC3)C(C)(C)C2)C1=O. The van der Waals surface area contributed by atoms with Crippen LogP contribution in [0.3, 0.4) is 0 Å². The largest absolute Gasteiger partial charge is 0.442 e. The molecule has 12 nitrogen and oxygen atoms in total. The van der Waals surface area contributed by atoms with Gasteiger partial charge in [-0.15, -0.1) is 0 Å². The molecule has 5 amide bonds. The van der Waals surface area contributed by atoms with E-state index in [9.17, 15) is 19.2 Å². The Morgan fingerprint density at radius 3 is 1.63 bits per heavy atom. The predicted molar refractivity (Wildman–Crippen MR) is 206 cm³/mol. The van der Waals surface area contributed by atoms with Crippen LogP contribution in [0.25, 0.3) is 0 Å². The minimum atomic E-state index is -1.15. The molecule has 12 heteroatoms. The Labute approximate surface area is 321 Å². The number of carbonyl (C=O) groups is 4. The summed E-state index contributed by atoms with van der Waals surface area (Å²) in [5.41, 5.74) is -3.01. The lowest BCUT2D eigenvalue weighted by Gasteiger charge is -2.59. The van der Waals surface area contributed by atoms with Crippen LogP contribution in [-0.4, -0.2) is 79.6 Å². The summed E-state index contributed by atoms with van der Waals surface area (Å²) in [5, 5.41) is 7.27. The molecule has 2 saturated carbocycles. The van der Waals surface area contributed by atoms with Crippen molar-refractivity contribution in [1.29, 1.82) is 0 Å². The zero-order valence-corrected chi connectivity index (χ0v) is 34.1. The van der Waals surface area contributed by atoms with Crippen LogP contribution in [0.4, 0.5) is 21.0 Å². The Kier molecular flexibility index (Phi) is 9.84. The Hall–Kier alpha value is -3.06. The fraction of sp³-hybridized carbons (Fsp3) is 0.762. The highest BCUT2D eigenvalue weighted by molar-refractivity contribution is 6.24. The number of nitrogens with zero attached hydrogens (tertiary/aromatic N) is 4. The number of urea groups is 1. The summed E-state index contributed by atoms with van der Waals surface area (Å²) in [4.78, 5) is 72.1. The molecule has 4 aliphatic heterocycles. The van der Waals surface area contributed by atoms with E-state index in [2.05, 4.69) is 70.8 Å². The minimum absolute atomic E-state index is 0.0158. The molecule has 6 aliphatic rings. The molecule has 1 aromatic carbocycles. The zero-order valence-electron chi connectivity index (χ0n) is 34.1. The third kappa shape index (κ3) is 6.98. The third-order valence-corrected chi connectivity index (χ3v) is 12.9. The number of amides is 5. The maximum absolute atomic E-state index is 14.6. The lowest BCUT2D eigenvalue weighted by atomic mass is 9.70. The number of hydrogen-bond acceptors (Lipinski definition) is 9. The zero-order chi connectivity index (χ0) is 39.1. The van der Waals surface area contributed by atoms with Crippen molar-refractivity contribution >= 4 is 35.3 Å². The van der Waals surface area contributed by atoms with Crippen molar-refractivity contribution in [1.82, 2.24) is 15.4 Å². The van der Waals surface area contributed by atoms with Gasteiger partial charge in [0.15, 0.2) is 0 Å². The number of aryl methyl sites for hydroxylation is 1. The monoisotopic (exact) mass is 749 g/mol. The minimum Gasteiger partial charge on any atom is -0.442 e. The van der Waals surface area contributed by atoms with Gasteiger partial charge in [-0.05, 0) is 119 Å². The molecule has 298 valence electrons. The Morgan fingerprint density at radius 1 is 0.667 bits per heavy atom. The molecule has 2 aliphatic carbocycles. The predicted octanol–water partition coefficient (Wildman–Crippen LogP) is 8.24. The number of carbonyl (C=O) groups excluding carboxylic acids is 4.